The molecule has 0 spiro atoms. The third kappa shape index (κ3) is 6.82. The molecule has 0 aromatic rings. The van der Waals surface area contributed by atoms with Gasteiger partial charge in [0, 0.05) is 0 Å². The lowest BCUT2D eigenvalue weighted by Crippen LogP contribution is -2.41. The first-order valence-corrected chi connectivity index (χ1v) is 11.7. The second-order valence-electron chi connectivity index (χ2n) is 10.6. The van der Waals surface area contributed by atoms with Gasteiger partial charge in [-0.25, -0.2) is 9.78 Å². The largest absolute Gasteiger partial charge is 0.469 e. The van der Waals surface area contributed by atoms with E-state index >= 15 is 0 Å². The van der Waals surface area contributed by atoms with Crippen LogP contribution in [-0.4, -0.2) is 24.8 Å². The highest BCUT2D eigenvalue weighted by Gasteiger charge is 2.38. The zero-order valence-electron chi connectivity index (χ0n) is 19.9. The molecule has 2 rings (SSSR count). The lowest BCUT2D eigenvalue weighted by molar-refractivity contribution is -0.411. The smallest absolute Gasteiger partial charge is 0.311 e. The van der Waals surface area contributed by atoms with Gasteiger partial charge in [0.15, 0.2) is 0 Å². The topological polar surface area (TPSA) is 44.8 Å². The molecule has 168 valence electrons. The summed E-state index contributed by atoms with van der Waals surface area (Å²) >= 11 is 0. The van der Waals surface area contributed by atoms with Crippen molar-refractivity contribution in [1.82, 2.24) is 0 Å². The first kappa shape index (κ1) is 24.4. The Kier molecular flexibility index (Phi) is 8.78. The summed E-state index contributed by atoms with van der Waals surface area (Å²) in [7, 11) is 1.42. The van der Waals surface area contributed by atoms with Gasteiger partial charge in [-0.15, -0.1) is 0 Å². The number of carbonyl (C=O) groups excluding carboxylic acids is 1. The molecule has 0 aromatic heterocycles. The van der Waals surface area contributed by atoms with Crippen LogP contribution in [-0.2, 0) is 19.3 Å². The minimum Gasteiger partial charge on any atom is -0.469 e. The molecule has 1 aliphatic carbocycles. The molecule has 4 atom stereocenters. The summed E-state index contributed by atoms with van der Waals surface area (Å²) in [5.74, 6) is 0.210. The fourth-order valence-corrected chi connectivity index (χ4v) is 5.14. The maximum Gasteiger partial charge on any atom is 0.311 e. The van der Waals surface area contributed by atoms with E-state index in [1.807, 2.05) is 6.92 Å². The van der Waals surface area contributed by atoms with Gasteiger partial charge in [-0.1, -0.05) is 44.8 Å². The van der Waals surface area contributed by atoms with Gasteiger partial charge in [0.1, 0.15) is 11.7 Å². The zero-order valence-corrected chi connectivity index (χ0v) is 19.9. The van der Waals surface area contributed by atoms with Crippen LogP contribution in [0, 0.1) is 17.3 Å². The summed E-state index contributed by atoms with van der Waals surface area (Å²) < 4.78 is 4.82. The first-order chi connectivity index (χ1) is 13.6. The van der Waals surface area contributed by atoms with E-state index in [1.165, 1.54) is 45.6 Å². The van der Waals surface area contributed by atoms with Gasteiger partial charge in [0.25, 0.3) is 0 Å². The molecule has 1 aliphatic heterocycles. The lowest BCUT2D eigenvalue weighted by Gasteiger charge is -2.37. The Morgan fingerprint density at radius 2 is 1.93 bits per heavy atom. The average molecular weight is 409 g/mol. The van der Waals surface area contributed by atoms with Crippen LogP contribution >= 0.6 is 0 Å². The Morgan fingerprint density at radius 1 is 1.21 bits per heavy atom. The van der Waals surface area contributed by atoms with E-state index in [-0.39, 0.29) is 23.6 Å². The molecular weight excluding hydrogens is 364 g/mol. The predicted octanol–water partition coefficient (Wildman–Crippen LogP) is 6.78. The number of rotatable bonds is 9. The number of allylic oxidation sites excluding steroid dienone is 2. The minimum absolute atomic E-state index is 0.204. The lowest BCUT2D eigenvalue weighted by atomic mass is 9.70. The van der Waals surface area contributed by atoms with Crippen LogP contribution in [0.1, 0.15) is 106 Å². The molecule has 2 aliphatic rings. The van der Waals surface area contributed by atoms with Gasteiger partial charge in [0.2, 0.25) is 0 Å². The SMILES string of the molecule is COC(=O)[C@@H](C)[C@H]1CC[C@](C)(CCC[C@H](C)CCC2=C(C)CCCC2(C)C)OO1. The van der Waals surface area contributed by atoms with Crippen molar-refractivity contribution in [2.45, 2.75) is 117 Å². The molecule has 4 heteroatoms. The van der Waals surface area contributed by atoms with E-state index in [4.69, 9.17) is 14.5 Å². The zero-order chi connectivity index (χ0) is 21.7. The van der Waals surface area contributed by atoms with Crippen molar-refractivity contribution in [3.8, 4) is 0 Å². The number of ether oxygens (including phenoxy) is 1. The van der Waals surface area contributed by atoms with Gasteiger partial charge in [-0.05, 0) is 83.5 Å². The summed E-state index contributed by atoms with van der Waals surface area (Å²) in [5.41, 5.74) is 3.51. The Balaban J connectivity index is 1.71. The van der Waals surface area contributed by atoms with Crippen LogP contribution in [0.2, 0.25) is 0 Å². The van der Waals surface area contributed by atoms with E-state index < -0.39 is 0 Å². The van der Waals surface area contributed by atoms with Gasteiger partial charge in [-0.3, -0.25) is 4.79 Å². The van der Waals surface area contributed by atoms with Crippen LogP contribution in [0.15, 0.2) is 11.1 Å². The number of carbonyl (C=O) groups is 1. The molecule has 29 heavy (non-hydrogen) atoms. The van der Waals surface area contributed by atoms with Crippen LogP contribution in [0.5, 0.6) is 0 Å². The Morgan fingerprint density at radius 3 is 2.52 bits per heavy atom. The summed E-state index contributed by atoms with van der Waals surface area (Å²) in [5, 5.41) is 0. The van der Waals surface area contributed by atoms with Gasteiger partial charge in [-0.2, -0.15) is 0 Å². The second kappa shape index (κ2) is 10.4. The minimum atomic E-state index is -0.286. The molecule has 0 unspecified atom stereocenters. The van der Waals surface area contributed by atoms with Crippen molar-refractivity contribution in [3.05, 3.63) is 11.1 Å². The average Bonchev–Trinajstić information content (AvgIpc) is 2.66. The van der Waals surface area contributed by atoms with Crippen LogP contribution in [0.4, 0.5) is 0 Å². The summed E-state index contributed by atoms with van der Waals surface area (Å²) in [6, 6.07) is 0. The molecule has 0 N–H and O–H groups in total. The number of methoxy groups -OCH3 is 1. The highest BCUT2D eigenvalue weighted by atomic mass is 17.2. The summed E-state index contributed by atoms with van der Waals surface area (Å²) in [6.07, 6.45) is 11.4. The molecule has 1 fully saturated rings. The molecule has 1 saturated heterocycles. The normalized spacial score (nSPS) is 29.4. The number of esters is 1. The summed E-state index contributed by atoms with van der Waals surface area (Å²) in [6.45, 7) is 13.6. The number of hydrogen-bond acceptors (Lipinski definition) is 4. The van der Waals surface area contributed by atoms with Gasteiger partial charge >= 0.3 is 5.97 Å². The predicted molar refractivity (Wildman–Crippen MR) is 117 cm³/mol. The van der Waals surface area contributed by atoms with Crippen molar-refractivity contribution >= 4 is 5.97 Å². The molecule has 0 aromatic carbocycles. The van der Waals surface area contributed by atoms with Crippen LogP contribution in [0.25, 0.3) is 0 Å². The van der Waals surface area contributed by atoms with Gasteiger partial charge in [0.05, 0.1) is 13.0 Å². The molecule has 0 amide bonds. The highest BCUT2D eigenvalue weighted by Crippen LogP contribution is 2.43. The van der Waals surface area contributed by atoms with E-state index in [0.717, 1.165) is 31.6 Å². The van der Waals surface area contributed by atoms with Crippen molar-refractivity contribution in [2.75, 3.05) is 7.11 Å². The fourth-order valence-electron chi connectivity index (χ4n) is 5.14. The summed E-state index contributed by atoms with van der Waals surface area (Å²) in [4.78, 5) is 23.0. The standard InChI is InChI=1S/C25H44O4/c1-18(12-13-21-19(2)11-9-15-24(21,4)5)10-8-16-25(6)17-14-22(28-29-25)20(3)23(26)27-7/h18,20,22H,8-17H2,1-7H3/t18-,20-,22+,25-/m0/s1. The molecular formula is C25H44O4. The van der Waals surface area contributed by atoms with Crippen molar-refractivity contribution in [3.63, 3.8) is 0 Å². The first-order valence-electron chi connectivity index (χ1n) is 11.7. The third-order valence-corrected chi connectivity index (χ3v) is 7.44. The van der Waals surface area contributed by atoms with E-state index in [0.29, 0.717) is 5.41 Å². The number of hydrogen-bond donors (Lipinski definition) is 0. The molecule has 0 radical (unpaired) electrons. The molecule has 0 saturated carbocycles. The Labute approximate surface area is 178 Å². The molecule has 4 nitrogen and oxygen atoms in total. The van der Waals surface area contributed by atoms with Crippen molar-refractivity contribution in [2.24, 2.45) is 17.3 Å². The second-order valence-corrected chi connectivity index (χ2v) is 10.6. The van der Waals surface area contributed by atoms with E-state index in [9.17, 15) is 4.79 Å². The molecule has 1 heterocycles. The van der Waals surface area contributed by atoms with E-state index in [2.05, 4.69) is 34.6 Å². The van der Waals surface area contributed by atoms with E-state index in [1.54, 1.807) is 11.1 Å². The van der Waals surface area contributed by atoms with Crippen LogP contribution < -0.4 is 0 Å². The highest BCUT2D eigenvalue weighted by molar-refractivity contribution is 5.72. The quantitative estimate of drug-likeness (QED) is 0.240. The third-order valence-electron chi connectivity index (χ3n) is 7.44. The van der Waals surface area contributed by atoms with Crippen LogP contribution in [0.3, 0.4) is 0 Å². The Hall–Kier alpha value is -0.870. The monoisotopic (exact) mass is 408 g/mol. The fraction of sp³-hybridized carbons (Fsp3) is 0.880. The van der Waals surface area contributed by atoms with Crippen molar-refractivity contribution < 1.29 is 19.3 Å². The molecule has 0 bridgehead atoms. The maximum atomic E-state index is 11.7. The van der Waals surface area contributed by atoms with Gasteiger partial charge < -0.3 is 4.74 Å². The Bertz CT molecular complexity index is 569. The van der Waals surface area contributed by atoms with Crippen molar-refractivity contribution in [1.29, 1.82) is 0 Å². The maximum absolute atomic E-state index is 11.7.